The molecule has 0 saturated carbocycles. The second-order valence-corrected chi connectivity index (χ2v) is 3.71. The maximum Gasteiger partial charge on any atom is 0.339 e. The van der Waals surface area contributed by atoms with Crippen LogP contribution in [0.25, 0.3) is 0 Å². The summed E-state index contributed by atoms with van der Waals surface area (Å²) in [6.07, 6.45) is 3.35. The van der Waals surface area contributed by atoms with Crippen molar-refractivity contribution < 1.29 is 9.90 Å². The third kappa shape index (κ3) is 2.75. The number of aromatic nitrogens is 2. The highest BCUT2D eigenvalue weighted by atomic mass is 16.4. The van der Waals surface area contributed by atoms with E-state index in [0.29, 0.717) is 11.5 Å². The number of carboxylic acid groups (broad SMARTS) is 1. The van der Waals surface area contributed by atoms with Crippen LogP contribution in [0, 0.1) is 6.92 Å². The lowest BCUT2D eigenvalue weighted by molar-refractivity contribution is 0.0694. The summed E-state index contributed by atoms with van der Waals surface area (Å²) in [5.41, 5.74) is 0.874. The lowest BCUT2D eigenvalue weighted by atomic mass is 9.98. The highest BCUT2D eigenvalue weighted by molar-refractivity contribution is 5.88. The van der Waals surface area contributed by atoms with Crippen molar-refractivity contribution in [1.29, 1.82) is 0 Å². The minimum atomic E-state index is -0.951. The number of nitrogens with zero attached hydrogens (tertiary/aromatic N) is 2. The van der Waals surface area contributed by atoms with Crippen LogP contribution in [-0.4, -0.2) is 21.0 Å². The lowest BCUT2D eigenvalue weighted by Crippen LogP contribution is -2.10. The molecular weight excluding hydrogens is 192 g/mol. The fraction of sp³-hybridized carbons (Fsp3) is 0.545. The molecule has 1 N–H and O–H groups in total. The van der Waals surface area contributed by atoms with Crippen molar-refractivity contribution >= 4 is 5.97 Å². The van der Waals surface area contributed by atoms with E-state index in [1.807, 2.05) is 6.92 Å². The Hall–Kier alpha value is -1.45. The third-order valence-electron chi connectivity index (χ3n) is 2.36. The molecule has 1 aromatic heterocycles. The molecule has 1 unspecified atom stereocenters. The Bertz CT molecular complexity index is 364. The van der Waals surface area contributed by atoms with Crippen molar-refractivity contribution in [3.05, 3.63) is 23.3 Å². The molecule has 1 rings (SSSR count). The molecule has 1 atom stereocenters. The Morgan fingerprint density at radius 2 is 2.27 bits per heavy atom. The van der Waals surface area contributed by atoms with Gasteiger partial charge in [-0.1, -0.05) is 20.3 Å². The van der Waals surface area contributed by atoms with E-state index in [4.69, 9.17) is 5.11 Å². The van der Waals surface area contributed by atoms with E-state index in [0.717, 1.165) is 12.8 Å². The first-order chi connectivity index (χ1) is 7.06. The second kappa shape index (κ2) is 4.87. The first-order valence-electron chi connectivity index (χ1n) is 5.13. The summed E-state index contributed by atoms with van der Waals surface area (Å²) < 4.78 is 0. The van der Waals surface area contributed by atoms with Crippen LogP contribution < -0.4 is 0 Å². The van der Waals surface area contributed by atoms with Crippen molar-refractivity contribution in [2.24, 2.45) is 0 Å². The quantitative estimate of drug-likeness (QED) is 0.825. The Kier molecular flexibility index (Phi) is 3.77. The van der Waals surface area contributed by atoms with Crippen molar-refractivity contribution in [2.45, 2.75) is 39.5 Å². The number of rotatable bonds is 4. The van der Waals surface area contributed by atoms with E-state index in [9.17, 15) is 4.79 Å². The number of hydrogen-bond acceptors (Lipinski definition) is 3. The molecule has 1 aromatic rings. The van der Waals surface area contributed by atoms with E-state index >= 15 is 0 Å². The topological polar surface area (TPSA) is 63.1 Å². The summed E-state index contributed by atoms with van der Waals surface area (Å²) in [5.74, 6) is -0.159. The summed E-state index contributed by atoms with van der Waals surface area (Å²) in [7, 11) is 0. The average molecular weight is 208 g/mol. The molecule has 0 spiro atoms. The molecule has 1 heterocycles. The summed E-state index contributed by atoms with van der Waals surface area (Å²) in [4.78, 5) is 19.1. The smallest absolute Gasteiger partial charge is 0.339 e. The van der Waals surface area contributed by atoms with Crippen LogP contribution in [0.4, 0.5) is 0 Å². The third-order valence-corrected chi connectivity index (χ3v) is 2.36. The highest BCUT2D eigenvalue weighted by Gasteiger charge is 2.17. The van der Waals surface area contributed by atoms with E-state index in [1.54, 1.807) is 6.92 Å². The minimum Gasteiger partial charge on any atom is -0.478 e. The Morgan fingerprint density at radius 1 is 1.60 bits per heavy atom. The summed E-state index contributed by atoms with van der Waals surface area (Å²) in [6.45, 7) is 5.84. The van der Waals surface area contributed by atoms with Crippen LogP contribution in [-0.2, 0) is 0 Å². The predicted octanol–water partition coefficient (Wildman–Crippen LogP) is 2.39. The second-order valence-electron chi connectivity index (χ2n) is 3.71. The minimum absolute atomic E-state index is 0.169. The van der Waals surface area contributed by atoms with Gasteiger partial charge in [-0.05, 0) is 19.3 Å². The Balaban J connectivity index is 3.12. The van der Waals surface area contributed by atoms with Crippen LogP contribution >= 0.6 is 0 Å². The summed E-state index contributed by atoms with van der Waals surface area (Å²) >= 11 is 0. The van der Waals surface area contributed by atoms with E-state index in [1.165, 1.54) is 6.20 Å². The van der Waals surface area contributed by atoms with Gasteiger partial charge in [0.1, 0.15) is 5.82 Å². The van der Waals surface area contributed by atoms with Crippen LogP contribution in [0.5, 0.6) is 0 Å². The van der Waals surface area contributed by atoms with Gasteiger partial charge < -0.3 is 5.11 Å². The zero-order valence-corrected chi connectivity index (χ0v) is 9.32. The first kappa shape index (κ1) is 11.6. The van der Waals surface area contributed by atoms with Gasteiger partial charge in [0.2, 0.25) is 0 Å². The molecule has 0 amide bonds. The molecule has 15 heavy (non-hydrogen) atoms. The van der Waals surface area contributed by atoms with E-state index < -0.39 is 5.97 Å². The fourth-order valence-electron chi connectivity index (χ4n) is 1.60. The van der Waals surface area contributed by atoms with Crippen LogP contribution in [0.1, 0.15) is 54.5 Å². The van der Waals surface area contributed by atoms with Crippen molar-refractivity contribution in [1.82, 2.24) is 9.97 Å². The molecule has 0 saturated heterocycles. The average Bonchev–Trinajstić information content (AvgIpc) is 2.17. The van der Waals surface area contributed by atoms with Gasteiger partial charge >= 0.3 is 5.97 Å². The summed E-state index contributed by atoms with van der Waals surface area (Å²) in [5, 5.41) is 8.99. The van der Waals surface area contributed by atoms with Crippen molar-refractivity contribution in [3.8, 4) is 0 Å². The van der Waals surface area contributed by atoms with Crippen LogP contribution in [0.3, 0.4) is 0 Å². The molecule has 0 aliphatic heterocycles. The molecule has 0 aliphatic rings. The molecule has 0 fully saturated rings. The van der Waals surface area contributed by atoms with Gasteiger partial charge in [-0.3, -0.25) is 0 Å². The van der Waals surface area contributed by atoms with Gasteiger partial charge in [0.05, 0.1) is 11.3 Å². The molecule has 4 heteroatoms. The molecule has 0 radical (unpaired) electrons. The van der Waals surface area contributed by atoms with Gasteiger partial charge in [-0.25, -0.2) is 14.8 Å². The number of aromatic carboxylic acids is 1. The normalized spacial score (nSPS) is 12.5. The van der Waals surface area contributed by atoms with Gasteiger partial charge in [0, 0.05) is 6.20 Å². The van der Waals surface area contributed by atoms with E-state index in [2.05, 4.69) is 16.9 Å². The standard InChI is InChI=1S/C11H16N2O2/c1-4-5-7(2)10-9(11(14)15)6-12-8(3)13-10/h6-7H,4-5H2,1-3H3,(H,14,15). The number of aryl methyl sites for hydroxylation is 1. The summed E-state index contributed by atoms with van der Waals surface area (Å²) in [6, 6.07) is 0. The van der Waals surface area contributed by atoms with Crippen molar-refractivity contribution in [3.63, 3.8) is 0 Å². The van der Waals surface area contributed by atoms with Crippen molar-refractivity contribution in [2.75, 3.05) is 0 Å². The van der Waals surface area contributed by atoms with Gasteiger partial charge in [-0.2, -0.15) is 0 Å². The maximum absolute atomic E-state index is 11.0. The SMILES string of the molecule is CCCC(C)c1nc(C)ncc1C(=O)O. The van der Waals surface area contributed by atoms with Crippen LogP contribution in [0.15, 0.2) is 6.20 Å². The van der Waals surface area contributed by atoms with E-state index in [-0.39, 0.29) is 11.5 Å². The number of carbonyl (C=O) groups is 1. The molecular formula is C11H16N2O2. The predicted molar refractivity (Wildman–Crippen MR) is 57.1 cm³/mol. The zero-order valence-electron chi connectivity index (χ0n) is 9.32. The fourth-order valence-corrected chi connectivity index (χ4v) is 1.60. The monoisotopic (exact) mass is 208 g/mol. The molecule has 0 aliphatic carbocycles. The number of carboxylic acids is 1. The molecule has 0 bridgehead atoms. The largest absolute Gasteiger partial charge is 0.478 e. The van der Waals surface area contributed by atoms with Gasteiger partial charge in [0.15, 0.2) is 0 Å². The van der Waals surface area contributed by atoms with Gasteiger partial charge in [0.25, 0.3) is 0 Å². The van der Waals surface area contributed by atoms with Crippen LogP contribution in [0.2, 0.25) is 0 Å². The number of hydrogen-bond donors (Lipinski definition) is 1. The molecule has 4 nitrogen and oxygen atoms in total. The van der Waals surface area contributed by atoms with Gasteiger partial charge in [-0.15, -0.1) is 0 Å². The lowest BCUT2D eigenvalue weighted by Gasteiger charge is -2.12. The Labute approximate surface area is 89.4 Å². The zero-order chi connectivity index (χ0) is 11.4. The Morgan fingerprint density at radius 3 is 2.80 bits per heavy atom. The molecule has 0 aromatic carbocycles. The first-order valence-corrected chi connectivity index (χ1v) is 5.13. The maximum atomic E-state index is 11.0. The highest BCUT2D eigenvalue weighted by Crippen LogP contribution is 2.21. The molecule has 82 valence electrons.